The van der Waals surface area contributed by atoms with Gasteiger partial charge in [0, 0.05) is 54.8 Å². The number of fused-ring (bicyclic) bond motifs is 1. The third-order valence-electron chi connectivity index (χ3n) is 5.25. The largest absolute Gasteiger partial charge is 0.367 e. The topological polar surface area (TPSA) is 85.8 Å². The molecular formula is C21H21N7O. The molecular weight excluding hydrogens is 366 g/mol. The number of pyridine rings is 2. The SMILES string of the molecule is Cc1ccn(Cc2nc(-c3c(C)ncc4c3CCN(c3ccncc3)C4)no2)n1. The van der Waals surface area contributed by atoms with Gasteiger partial charge in [0.25, 0.3) is 0 Å². The zero-order valence-electron chi connectivity index (χ0n) is 16.4. The zero-order valence-corrected chi connectivity index (χ0v) is 16.4. The number of hydrogen-bond acceptors (Lipinski definition) is 7. The van der Waals surface area contributed by atoms with E-state index in [1.165, 1.54) is 16.8 Å². The molecule has 0 aliphatic carbocycles. The first-order valence-electron chi connectivity index (χ1n) is 9.63. The second-order valence-electron chi connectivity index (χ2n) is 7.27. The lowest BCUT2D eigenvalue weighted by atomic mass is 9.94. The Morgan fingerprint density at radius 1 is 1.14 bits per heavy atom. The normalized spacial score (nSPS) is 13.5. The highest BCUT2D eigenvalue weighted by atomic mass is 16.5. The van der Waals surface area contributed by atoms with Crippen LogP contribution in [0.5, 0.6) is 0 Å². The van der Waals surface area contributed by atoms with Crippen LogP contribution in [0.4, 0.5) is 5.69 Å². The maximum Gasteiger partial charge on any atom is 0.248 e. The number of rotatable bonds is 4. The van der Waals surface area contributed by atoms with Gasteiger partial charge in [0.15, 0.2) is 0 Å². The quantitative estimate of drug-likeness (QED) is 0.532. The predicted molar refractivity (Wildman–Crippen MR) is 107 cm³/mol. The molecule has 0 spiro atoms. The lowest BCUT2D eigenvalue weighted by Gasteiger charge is -2.31. The summed E-state index contributed by atoms with van der Waals surface area (Å²) in [4.78, 5) is 15.7. The first kappa shape index (κ1) is 17.5. The molecule has 0 N–H and O–H groups in total. The first-order valence-corrected chi connectivity index (χ1v) is 9.63. The average molecular weight is 387 g/mol. The first-order chi connectivity index (χ1) is 14.2. The van der Waals surface area contributed by atoms with Crippen LogP contribution in [0.25, 0.3) is 11.4 Å². The fraction of sp³-hybridized carbons (Fsp3) is 0.286. The van der Waals surface area contributed by atoms with Crippen LogP contribution in [0, 0.1) is 13.8 Å². The molecule has 0 fully saturated rings. The van der Waals surface area contributed by atoms with Crippen LogP contribution in [0.1, 0.15) is 28.4 Å². The van der Waals surface area contributed by atoms with E-state index in [0.29, 0.717) is 18.3 Å². The molecule has 29 heavy (non-hydrogen) atoms. The van der Waals surface area contributed by atoms with Crippen LogP contribution in [-0.4, -0.2) is 36.4 Å². The smallest absolute Gasteiger partial charge is 0.248 e. The summed E-state index contributed by atoms with van der Waals surface area (Å²) in [5.41, 5.74) is 6.49. The molecule has 0 unspecified atom stereocenters. The zero-order chi connectivity index (χ0) is 19.8. The van der Waals surface area contributed by atoms with Crippen molar-refractivity contribution in [3.63, 3.8) is 0 Å². The Morgan fingerprint density at radius 3 is 2.79 bits per heavy atom. The summed E-state index contributed by atoms with van der Waals surface area (Å²) in [5, 5.41) is 8.63. The van der Waals surface area contributed by atoms with Crippen LogP contribution in [0.15, 0.2) is 47.5 Å². The van der Waals surface area contributed by atoms with Crippen molar-refractivity contribution in [2.45, 2.75) is 33.4 Å². The van der Waals surface area contributed by atoms with Crippen LogP contribution in [0.3, 0.4) is 0 Å². The van der Waals surface area contributed by atoms with E-state index >= 15 is 0 Å². The number of aryl methyl sites for hydroxylation is 2. The number of nitrogens with zero attached hydrogens (tertiary/aromatic N) is 7. The highest BCUT2D eigenvalue weighted by molar-refractivity contribution is 5.66. The molecule has 0 atom stereocenters. The summed E-state index contributed by atoms with van der Waals surface area (Å²) in [5.74, 6) is 1.14. The van der Waals surface area contributed by atoms with Gasteiger partial charge in [-0.25, -0.2) is 0 Å². The minimum atomic E-state index is 0.457. The van der Waals surface area contributed by atoms with Crippen molar-refractivity contribution >= 4 is 5.69 Å². The Labute approximate surface area is 168 Å². The summed E-state index contributed by atoms with van der Waals surface area (Å²) in [6.07, 6.45) is 8.43. The summed E-state index contributed by atoms with van der Waals surface area (Å²) >= 11 is 0. The van der Waals surface area contributed by atoms with Gasteiger partial charge in [0.1, 0.15) is 6.54 Å². The predicted octanol–water partition coefficient (Wildman–Crippen LogP) is 2.95. The molecule has 0 aromatic carbocycles. The molecule has 1 aliphatic rings. The molecule has 4 aromatic heterocycles. The second kappa shape index (κ2) is 7.12. The van der Waals surface area contributed by atoms with Gasteiger partial charge in [-0.15, -0.1) is 0 Å². The van der Waals surface area contributed by atoms with Crippen molar-refractivity contribution in [3.05, 3.63) is 71.4 Å². The molecule has 0 amide bonds. The average Bonchev–Trinajstić information content (AvgIpc) is 3.37. The molecule has 0 radical (unpaired) electrons. The molecule has 8 heteroatoms. The third-order valence-corrected chi connectivity index (χ3v) is 5.25. The summed E-state index contributed by atoms with van der Waals surface area (Å²) in [6, 6.07) is 6.03. The van der Waals surface area contributed by atoms with E-state index in [4.69, 9.17) is 4.52 Å². The Bertz CT molecular complexity index is 1150. The van der Waals surface area contributed by atoms with E-state index < -0.39 is 0 Å². The second-order valence-corrected chi connectivity index (χ2v) is 7.27. The van der Waals surface area contributed by atoms with Gasteiger partial charge in [0.2, 0.25) is 11.7 Å². The van der Waals surface area contributed by atoms with Crippen LogP contribution < -0.4 is 4.90 Å². The van der Waals surface area contributed by atoms with Crippen molar-refractivity contribution in [2.24, 2.45) is 0 Å². The van der Waals surface area contributed by atoms with E-state index in [1.807, 2.05) is 56.8 Å². The minimum Gasteiger partial charge on any atom is -0.367 e. The lowest BCUT2D eigenvalue weighted by molar-refractivity contribution is 0.366. The van der Waals surface area contributed by atoms with Crippen molar-refractivity contribution in [1.82, 2.24) is 29.9 Å². The number of hydrogen-bond donors (Lipinski definition) is 0. The van der Waals surface area contributed by atoms with Gasteiger partial charge in [-0.05, 0) is 49.6 Å². The third kappa shape index (κ3) is 3.37. The van der Waals surface area contributed by atoms with E-state index in [2.05, 4.69) is 30.1 Å². The highest BCUT2D eigenvalue weighted by Crippen LogP contribution is 2.32. The molecule has 1 aliphatic heterocycles. The van der Waals surface area contributed by atoms with E-state index in [-0.39, 0.29) is 0 Å². The Balaban J connectivity index is 1.45. The molecule has 8 nitrogen and oxygen atoms in total. The molecule has 5 rings (SSSR count). The van der Waals surface area contributed by atoms with E-state index in [9.17, 15) is 0 Å². The monoisotopic (exact) mass is 387 g/mol. The molecule has 5 heterocycles. The Morgan fingerprint density at radius 2 is 2.00 bits per heavy atom. The molecule has 4 aromatic rings. The standard InChI is InChI=1S/C21H21N7O/c1-14-5-10-28(25-14)13-19-24-21(26-29-19)20-15(2)23-11-16-12-27(9-6-18(16)20)17-3-7-22-8-4-17/h3-5,7-8,10-11H,6,9,12-13H2,1-2H3. The molecule has 0 saturated heterocycles. The van der Waals surface area contributed by atoms with Gasteiger partial charge in [-0.1, -0.05) is 5.16 Å². The maximum atomic E-state index is 5.50. The van der Waals surface area contributed by atoms with Crippen molar-refractivity contribution < 1.29 is 4.52 Å². The Hall–Kier alpha value is -3.55. The van der Waals surface area contributed by atoms with Crippen LogP contribution in [0.2, 0.25) is 0 Å². The van der Waals surface area contributed by atoms with Gasteiger partial charge >= 0.3 is 0 Å². The number of aromatic nitrogens is 6. The van der Waals surface area contributed by atoms with Gasteiger partial charge < -0.3 is 9.42 Å². The summed E-state index contributed by atoms with van der Waals surface area (Å²) in [6.45, 7) is 6.13. The van der Waals surface area contributed by atoms with Gasteiger partial charge in [0.05, 0.1) is 5.69 Å². The molecule has 0 saturated carbocycles. The number of anilines is 1. The fourth-order valence-electron chi connectivity index (χ4n) is 3.83. The van der Waals surface area contributed by atoms with Crippen LogP contribution in [-0.2, 0) is 19.5 Å². The van der Waals surface area contributed by atoms with E-state index in [1.54, 1.807) is 4.68 Å². The summed E-state index contributed by atoms with van der Waals surface area (Å²) < 4.78 is 7.30. The van der Waals surface area contributed by atoms with Crippen molar-refractivity contribution in [1.29, 1.82) is 0 Å². The summed E-state index contributed by atoms with van der Waals surface area (Å²) in [7, 11) is 0. The van der Waals surface area contributed by atoms with Crippen molar-refractivity contribution in [3.8, 4) is 11.4 Å². The highest BCUT2D eigenvalue weighted by Gasteiger charge is 2.24. The lowest BCUT2D eigenvalue weighted by Crippen LogP contribution is -2.31. The maximum absolute atomic E-state index is 5.50. The Kier molecular flexibility index (Phi) is 4.31. The van der Waals surface area contributed by atoms with Gasteiger partial charge in [-0.3, -0.25) is 14.6 Å². The van der Waals surface area contributed by atoms with Crippen molar-refractivity contribution in [2.75, 3.05) is 11.4 Å². The fourth-order valence-corrected chi connectivity index (χ4v) is 3.83. The molecule has 146 valence electrons. The van der Waals surface area contributed by atoms with Gasteiger partial charge in [-0.2, -0.15) is 10.1 Å². The van der Waals surface area contributed by atoms with Crippen LogP contribution >= 0.6 is 0 Å². The minimum absolute atomic E-state index is 0.457. The van der Waals surface area contributed by atoms with E-state index in [0.717, 1.165) is 36.5 Å². The molecule has 0 bridgehead atoms.